The molecule has 0 spiro atoms. The third kappa shape index (κ3) is 2.57. The van der Waals surface area contributed by atoms with Crippen molar-refractivity contribution in [2.24, 2.45) is 7.05 Å². The first kappa shape index (κ1) is 12.7. The topological polar surface area (TPSA) is 98.0 Å². The van der Waals surface area contributed by atoms with Crippen molar-refractivity contribution in [3.05, 3.63) is 45.8 Å². The second-order valence-corrected chi connectivity index (χ2v) is 3.91. The van der Waals surface area contributed by atoms with Crippen molar-refractivity contribution in [3.63, 3.8) is 0 Å². The molecule has 0 aliphatic rings. The first-order chi connectivity index (χ1) is 8.99. The molecule has 8 heteroatoms. The van der Waals surface area contributed by atoms with Gasteiger partial charge in [0.25, 0.3) is 11.5 Å². The lowest BCUT2D eigenvalue weighted by molar-refractivity contribution is -0.737. The number of rotatable bonds is 3. The van der Waals surface area contributed by atoms with Gasteiger partial charge in [-0.25, -0.2) is 0 Å². The van der Waals surface area contributed by atoms with Gasteiger partial charge in [-0.15, -0.1) is 4.68 Å². The maximum atomic E-state index is 10.5. The maximum Gasteiger partial charge on any atom is 0.269 e. The molecule has 0 amide bonds. The van der Waals surface area contributed by atoms with Gasteiger partial charge >= 0.3 is 0 Å². The van der Waals surface area contributed by atoms with Crippen LogP contribution in [0.25, 0.3) is 12.0 Å². The summed E-state index contributed by atoms with van der Waals surface area (Å²) in [5.74, 6) is 0.678. The van der Waals surface area contributed by atoms with Crippen LogP contribution in [0.1, 0.15) is 11.4 Å². The van der Waals surface area contributed by atoms with Gasteiger partial charge in [-0.3, -0.25) is 10.1 Å². The number of benzene rings is 1. The summed E-state index contributed by atoms with van der Waals surface area (Å²) < 4.78 is 2.97. The van der Waals surface area contributed by atoms with E-state index in [-0.39, 0.29) is 11.4 Å². The van der Waals surface area contributed by atoms with E-state index in [1.54, 1.807) is 18.7 Å². The van der Waals surface area contributed by atoms with E-state index in [1.807, 2.05) is 0 Å². The molecule has 0 atom stereocenters. The number of hydrogen-bond donors (Lipinski definition) is 1. The van der Waals surface area contributed by atoms with Crippen LogP contribution in [0, 0.1) is 17.0 Å². The summed E-state index contributed by atoms with van der Waals surface area (Å²) >= 11 is 0. The molecule has 1 aromatic heterocycles. The molecule has 0 aliphatic heterocycles. The molecule has 0 unspecified atom stereocenters. The highest BCUT2D eigenvalue weighted by molar-refractivity contribution is 5.69. The van der Waals surface area contributed by atoms with E-state index in [0.29, 0.717) is 5.56 Å². The predicted molar refractivity (Wildman–Crippen MR) is 65.8 cm³/mol. The number of hydrogen-bond acceptors (Lipinski definition) is 5. The SMILES string of the molecule is Cc1n(/C=C(\O)c2ccc([N+](=O)[O-])cc2)nn[n+]1C. The van der Waals surface area contributed by atoms with Crippen LogP contribution in [0.3, 0.4) is 0 Å². The number of nitrogens with zero attached hydrogens (tertiary/aromatic N) is 5. The van der Waals surface area contributed by atoms with E-state index < -0.39 is 4.92 Å². The largest absolute Gasteiger partial charge is 0.504 e. The summed E-state index contributed by atoms with van der Waals surface area (Å²) in [5.41, 5.74) is 0.433. The van der Waals surface area contributed by atoms with Gasteiger partial charge in [0, 0.05) is 24.6 Å². The van der Waals surface area contributed by atoms with Gasteiger partial charge < -0.3 is 5.11 Å². The van der Waals surface area contributed by atoms with E-state index in [2.05, 4.69) is 10.4 Å². The average molecular weight is 262 g/mol. The Balaban J connectivity index is 2.31. The zero-order valence-corrected chi connectivity index (χ0v) is 10.4. The first-order valence-corrected chi connectivity index (χ1v) is 5.43. The monoisotopic (exact) mass is 262 g/mol. The van der Waals surface area contributed by atoms with Gasteiger partial charge in [0.15, 0.2) is 17.2 Å². The Bertz CT molecular complexity index is 645. The lowest BCUT2D eigenvalue weighted by atomic mass is 10.2. The highest BCUT2D eigenvalue weighted by Crippen LogP contribution is 2.17. The molecule has 2 aromatic rings. The van der Waals surface area contributed by atoms with E-state index >= 15 is 0 Å². The van der Waals surface area contributed by atoms with Gasteiger partial charge in [-0.2, -0.15) is 0 Å². The third-order valence-electron chi connectivity index (χ3n) is 2.69. The molecule has 1 aromatic carbocycles. The van der Waals surface area contributed by atoms with Gasteiger partial charge in [0.1, 0.15) is 5.21 Å². The molecular weight excluding hydrogens is 250 g/mol. The Morgan fingerprint density at radius 1 is 1.47 bits per heavy atom. The summed E-state index contributed by atoms with van der Waals surface area (Å²) in [7, 11) is 1.73. The van der Waals surface area contributed by atoms with Crippen LogP contribution in [-0.4, -0.2) is 25.1 Å². The van der Waals surface area contributed by atoms with Crippen LogP contribution >= 0.6 is 0 Å². The highest BCUT2D eigenvalue weighted by atomic mass is 16.6. The predicted octanol–water partition coefficient (Wildman–Crippen LogP) is 0.833. The van der Waals surface area contributed by atoms with Gasteiger partial charge in [-0.05, 0) is 12.1 Å². The lowest BCUT2D eigenvalue weighted by Gasteiger charge is -1.98. The normalized spacial score (nSPS) is 11.6. The van der Waals surface area contributed by atoms with Crippen molar-refractivity contribution in [2.45, 2.75) is 6.92 Å². The molecule has 0 aliphatic carbocycles. The molecule has 1 heterocycles. The fourth-order valence-electron chi connectivity index (χ4n) is 1.44. The Morgan fingerprint density at radius 2 is 2.11 bits per heavy atom. The summed E-state index contributed by atoms with van der Waals surface area (Å²) in [5, 5.41) is 28.1. The molecule has 8 nitrogen and oxygen atoms in total. The zero-order chi connectivity index (χ0) is 14.0. The number of nitro groups is 1. The zero-order valence-electron chi connectivity index (χ0n) is 10.4. The average Bonchev–Trinajstić information content (AvgIpc) is 2.71. The van der Waals surface area contributed by atoms with Crippen LogP contribution in [-0.2, 0) is 7.05 Å². The summed E-state index contributed by atoms with van der Waals surface area (Å²) in [6.45, 7) is 1.79. The Morgan fingerprint density at radius 3 is 2.58 bits per heavy atom. The number of non-ortho nitro benzene ring substituents is 1. The second kappa shape index (κ2) is 4.84. The van der Waals surface area contributed by atoms with Gasteiger partial charge in [0.05, 0.1) is 12.0 Å². The van der Waals surface area contributed by atoms with Crippen molar-refractivity contribution in [1.82, 2.24) is 15.1 Å². The molecule has 0 bridgehead atoms. The first-order valence-electron chi connectivity index (χ1n) is 5.43. The number of tetrazole rings is 1. The van der Waals surface area contributed by atoms with Crippen molar-refractivity contribution < 1.29 is 14.7 Å². The molecule has 0 saturated heterocycles. The Labute approximate surface area is 108 Å². The number of aromatic nitrogens is 4. The molecule has 0 fully saturated rings. The van der Waals surface area contributed by atoms with Crippen LogP contribution in [0.4, 0.5) is 5.69 Å². The Kier molecular flexibility index (Phi) is 3.23. The molecule has 0 saturated carbocycles. The van der Waals surface area contributed by atoms with E-state index in [9.17, 15) is 15.2 Å². The summed E-state index contributed by atoms with van der Waals surface area (Å²) in [6, 6.07) is 5.59. The third-order valence-corrected chi connectivity index (χ3v) is 2.69. The Hall–Kier alpha value is -2.77. The highest BCUT2D eigenvalue weighted by Gasteiger charge is 2.13. The smallest absolute Gasteiger partial charge is 0.269 e. The maximum absolute atomic E-state index is 10.5. The lowest BCUT2D eigenvalue weighted by Crippen LogP contribution is -2.33. The minimum atomic E-state index is -0.494. The van der Waals surface area contributed by atoms with E-state index in [4.69, 9.17) is 0 Å². The molecule has 2 rings (SSSR count). The summed E-state index contributed by atoms with van der Waals surface area (Å²) in [4.78, 5) is 10.0. The number of aryl methyl sites for hydroxylation is 1. The fourth-order valence-corrected chi connectivity index (χ4v) is 1.44. The van der Waals surface area contributed by atoms with Gasteiger partial charge in [-0.1, -0.05) is 4.68 Å². The number of aliphatic hydroxyl groups excluding tert-OH is 1. The van der Waals surface area contributed by atoms with Crippen LogP contribution in [0.15, 0.2) is 24.3 Å². The van der Waals surface area contributed by atoms with Crippen molar-refractivity contribution in [1.29, 1.82) is 0 Å². The molecule has 19 heavy (non-hydrogen) atoms. The van der Waals surface area contributed by atoms with Crippen molar-refractivity contribution in [3.8, 4) is 0 Å². The minimum Gasteiger partial charge on any atom is -0.504 e. The number of nitro benzene ring substituents is 1. The fraction of sp³-hybridized carbons (Fsp3) is 0.182. The van der Waals surface area contributed by atoms with Crippen LogP contribution in [0.2, 0.25) is 0 Å². The van der Waals surface area contributed by atoms with E-state index in [1.165, 1.54) is 35.1 Å². The van der Waals surface area contributed by atoms with Gasteiger partial charge in [0.2, 0.25) is 0 Å². The molecule has 0 radical (unpaired) electrons. The molecular formula is C11H12N5O3+. The summed E-state index contributed by atoms with van der Waals surface area (Å²) in [6.07, 6.45) is 1.39. The molecule has 1 N–H and O–H groups in total. The molecule has 98 valence electrons. The van der Waals surface area contributed by atoms with Crippen molar-refractivity contribution in [2.75, 3.05) is 0 Å². The quantitative estimate of drug-likeness (QED) is 0.382. The number of aliphatic hydroxyl groups is 1. The second-order valence-electron chi connectivity index (χ2n) is 3.91. The van der Waals surface area contributed by atoms with Crippen molar-refractivity contribution >= 4 is 17.6 Å². The van der Waals surface area contributed by atoms with Crippen LogP contribution in [0.5, 0.6) is 0 Å². The van der Waals surface area contributed by atoms with Crippen LogP contribution < -0.4 is 4.68 Å². The van der Waals surface area contributed by atoms with E-state index in [0.717, 1.165) is 5.82 Å². The minimum absolute atomic E-state index is 0.0279. The standard InChI is InChI=1S/C11H11N5O3/c1-8-14(2)12-13-15(8)7-11(17)9-3-5-10(6-4-9)16(18)19/h3-7H,1-2H3/p+1/b11-7-.